The Bertz CT molecular complexity index is 763. The van der Waals surface area contributed by atoms with Crippen LogP contribution in [0.2, 0.25) is 0 Å². The Balaban J connectivity index is 1.77. The lowest BCUT2D eigenvalue weighted by Crippen LogP contribution is -2.46. The lowest BCUT2D eigenvalue weighted by molar-refractivity contribution is -0.135. The van der Waals surface area contributed by atoms with Gasteiger partial charge < -0.3 is 9.47 Å². The van der Waals surface area contributed by atoms with Crippen molar-refractivity contribution in [3.8, 4) is 5.75 Å². The minimum absolute atomic E-state index is 0.137. The third-order valence-corrected chi connectivity index (χ3v) is 3.51. The number of nitrogens with one attached hydrogen (secondary N) is 2. The van der Waals surface area contributed by atoms with Crippen LogP contribution >= 0.6 is 0 Å². The van der Waals surface area contributed by atoms with Crippen molar-refractivity contribution in [2.24, 2.45) is 0 Å². The molecule has 0 radical (unpaired) electrons. The topological polar surface area (TPSA) is 102 Å². The van der Waals surface area contributed by atoms with Gasteiger partial charge in [0.05, 0.1) is 13.7 Å². The minimum Gasteiger partial charge on any atom is -0.497 e. The zero-order valence-corrected chi connectivity index (χ0v) is 14.6. The molecule has 1 heterocycles. The molecule has 1 atom stereocenters. The van der Waals surface area contributed by atoms with Gasteiger partial charge in [0.25, 0.3) is 11.8 Å². The van der Waals surface area contributed by atoms with Crippen LogP contribution in [-0.4, -0.2) is 35.0 Å². The fourth-order valence-corrected chi connectivity index (χ4v) is 1.90. The second-order valence-electron chi connectivity index (χ2n) is 5.35. The van der Waals surface area contributed by atoms with E-state index in [0.29, 0.717) is 5.56 Å². The summed E-state index contributed by atoms with van der Waals surface area (Å²) in [7, 11) is 1.59. The fraction of sp³-hybridized carbons (Fsp3) is 0.222. The van der Waals surface area contributed by atoms with Crippen molar-refractivity contribution >= 4 is 17.4 Å². The normalized spacial score (nSPS) is 11.3. The van der Waals surface area contributed by atoms with Crippen LogP contribution in [0, 0.1) is 0 Å². The van der Waals surface area contributed by atoms with Gasteiger partial charge in [-0.05, 0) is 24.6 Å². The van der Waals surface area contributed by atoms with E-state index in [-0.39, 0.29) is 12.2 Å². The number of carbonyl (C=O) groups excluding carboxylic acids is 2. The molecule has 0 saturated heterocycles. The SMILES string of the molecule is C=C(C(=O)NNC(=O)C(C)OCc1ccc(OC)cc1)c1cncnc1. The molecule has 1 aromatic carbocycles. The van der Waals surface area contributed by atoms with Gasteiger partial charge in [0.2, 0.25) is 0 Å². The highest BCUT2D eigenvalue weighted by Gasteiger charge is 2.16. The van der Waals surface area contributed by atoms with Gasteiger partial charge in [-0.1, -0.05) is 18.7 Å². The summed E-state index contributed by atoms with van der Waals surface area (Å²) >= 11 is 0. The largest absolute Gasteiger partial charge is 0.497 e. The predicted octanol–water partition coefficient (Wildman–Crippen LogP) is 1.25. The summed E-state index contributed by atoms with van der Waals surface area (Å²) in [5.74, 6) is -0.300. The van der Waals surface area contributed by atoms with E-state index in [1.165, 1.54) is 18.7 Å². The van der Waals surface area contributed by atoms with Crippen LogP contribution in [0.15, 0.2) is 49.6 Å². The minimum atomic E-state index is -0.759. The molecule has 0 bridgehead atoms. The van der Waals surface area contributed by atoms with Gasteiger partial charge in [0, 0.05) is 23.5 Å². The molecule has 8 heteroatoms. The molecule has 0 saturated carbocycles. The quantitative estimate of drug-likeness (QED) is 0.572. The molecule has 1 unspecified atom stereocenters. The second kappa shape index (κ2) is 9.28. The Morgan fingerprint density at radius 2 is 1.81 bits per heavy atom. The van der Waals surface area contributed by atoms with E-state index in [1.54, 1.807) is 14.0 Å². The monoisotopic (exact) mass is 356 g/mol. The standard InChI is InChI=1S/C18H20N4O4/c1-12(15-8-19-11-20-9-15)17(23)21-22-18(24)13(2)26-10-14-4-6-16(25-3)7-5-14/h4-9,11,13H,1,10H2,2-3H3,(H,21,23)(H,22,24). The van der Waals surface area contributed by atoms with Crippen LogP contribution < -0.4 is 15.6 Å². The number of hydrogen-bond acceptors (Lipinski definition) is 6. The Morgan fingerprint density at radius 1 is 1.15 bits per heavy atom. The zero-order chi connectivity index (χ0) is 18.9. The van der Waals surface area contributed by atoms with Gasteiger partial charge in [-0.15, -0.1) is 0 Å². The fourth-order valence-electron chi connectivity index (χ4n) is 1.90. The average molecular weight is 356 g/mol. The molecule has 1 aromatic heterocycles. The van der Waals surface area contributed by atoms with E-state index in [9.17, 15) is 9.59 Å². The number of benzene rings is 1. The number of ether oxygens (including phenoxy) is 2. The van der Waals surface area contributed by atoms with E-state index >= 15 is 0 Å². The predicted molar refractivity (Wildman–Crippen MR) is 94.6 cm³/mol. The van der Waals surface area contributed by atoms with E-state index < -0.39 is 17.9 Å². The van der Waals surface area contributed by atoms with Gasteiger partial charge in [-0.2, -0.15) is 0 Å². The van der Waals surface area contributed by atoms with Gasteiger partial charge in [-0.3, -0.25) is 20.4 Å². The first kappa shape index (κ1) is 19.1. The Labute approximate surface area is 151 Å². The highest BCUT2D eigenvalue weighted by Crippen LogP contribution is 2.12. The van der Waals surface area contributed by atoms with Crippen molar-refractivity contribution < 1.29 is 19.1 Å². The van der Waals surface area contributed by atoms with Crippen molar-refractivity contribution in [3.63, 3.8) is 0 Å². The number of aromatic nitrogens is 2. The Kier molecular flexibility index (Phi) is 6.81. The molecule has 2 rings (SSSR count). The van der Waals surface area contributed by atoms with Crippen molar-refractivity contribution in [1.82, 2.24) is 20.8 Å². The van der Waals surface area contributed by atoms with Crippen LogP contribution in [0.25, 0.3) is 5.57 Å². The van der Waals surface area contributed by atoms with Gasteiger partial charge in [-0.25, -0.2) is 9.97 Å². The van der Waals surface area contributed by atoms with Crippen LogP contribution in [0.5, 0.6) is 5.75 Å². The molecule has 2 aromatic rings. The smallest absolute Gasteiger partial charge is 0.269 e. The van der Waals surface area contributed by atoms with Gasteiger partial charge >= 0.3 is 0 Å². The van der Waals surface area contributed by atoms with E-state index in [4.69, 9.17) is 9.47 Å². The van der Waals surface area contributed by atoms with E-state index in [1.807, 2.05) is 24.3 Å². The molecular formula is C18H20N4O4. The third-order valence-electron chi connectivity index (χ3n) is 3.51. The van der Waals surface area contributed by atoms with Crippen molar-refractivity contribution in [1.29, 1.82) is 0 Å². The van der Waals surface area contributed by atoms with E-state index in [2.05, 4.69) is 27.4 Å². The Morgan fingerprint density at radius 3 is 2.42 bits per heavy atom. The number of amides is 2. The molecule has 0 fully saturated rings. The lowest BCUT2D eigenvalue weighted by Gasteiger charge is -2.14. The first-order valence-electron chi connectivity index (χ1n) is 7.80. The average Bonchev–Trinajstić information content (AvgIpc) is 2.70. The van der Waals surface area contributed by atoms with Crippen LogP contribution in [0.4, 0.5) is 0 Å². The van der Waals surface area contributed by atoms with Gasteiger partial charge in [0.15, 0.2) is 0 Å². The van der Waals surface area contributed by atoms with Crippen molar-refractivity contribution in [2.75, 3.05) is 7.11 Å². The summed E-state index contributed by atoms with van der Waals surface area (Å²) in [6, 6.07) is 7.30. The summed E-state index contributed by atoms with van der Waals surface area (Å²) in [6.45, 7) is 5.49. The first-order chi connectivity index (χ1) is 12.5. The van der Waals surface area contributed by atoms with Crippen molar-refractivity contribution in [2.45, 2.75) is 19.6 Å². The number of methoxy groups -OCH3 is 1. The molecule has 136 valence electrons. The number of hydrazine groups is 1. The number of carbonyl (C=O) groups is 2. The maximum atomic E-state index is 12.0. The molecule has 2 N–H and O–H groups in total. The van der Waals surface area contributed by atoms with Crippen LogP contribution in [0.1, 0.15) is 18.1 Å². The number of hydrogen-bond donors (Lipinski definition) is 2. The molecule has 0 aliphatic rings. The molecule has 0 aliphatic heterocycles. The number of rotatable bonds is 7. The summed E-state index contributed by atoms with van der Waals surface area (Å²) in [6.07, 6.45) is 3.50. The maximum absolute atomic E-state index is 12.0. The van der Waals surface area contributed by atoms with Crippen molar-refractivity contribution in [3.05, 3.63) is 60.7 Å². The van der Waals surface area contributed by atoms with Gasteiger partial charge in [0.1, 0.15) is 18.2 Å². The highest BCUT2D eigenvalue weighted by atomic mass is 16.5. The summed E-state index contributed by atoms with van der Waals surface area (Å²) < 4.78 is 10.6. The summed E-state index contributed by atoms with van der Waals surface area (Å²) in [5.41, 5.74) is 6.08. The molecular weight excluding hydrogens is 336 g/mol. The molecule has 0 aliphatic carbocycles. The lowest BCUT2D eigenvalue weighted by atomic mass is 10.1. The Hall–Kier alpha value is -3.26. The second-order valence-corrected chi connectivity index (χ2v) is 5.35. The maximum Gasteiger partial charge on any atom is 0.269 e. The zero-order valence-electron chi connectivity index (χ0n) is 14.6. The molecule has 0 spiro atoms. The van der Waals surface area contributed by atoms with E-state index in [0.717, 1.165) is 11.3 Å². The first-order valence-corrected chi connectivity index (χ1v) is 7.80. The summed E-state index contributed by atoms with van der Waals surface area (Å²) in [4.78, 5) is 31.6. The van der Waals surface area contributed by atoms with Crippen LogP contribution in [0.3, 0.4) is 0 Å². The third kappa shape index (κ3) is 5.38. The van der Waals surface area contributed by atoms with Crippen LogP contribution in [-0.2, 0) is 20.9 Å². The molecule has 2 amide bonds. The summed E-state index contributed by atoms with van der Waals surface area (Å²) in [5, 5.41) is 0. The molecule has 8 nitrogen and oxygen atoms in total. The molecule has 26 heavy (non-hydrogen) atoms. The highest BCUT2D eigenvalue weighted by molar-refractivity contribution is 6.18. The number of nitrogens with zero attached hydrogens (tertiary/aromatic N) is 2.